The predicted octanol–water partition coefficient (Wildman–Crippen LogP) is 4.95. The van der Waals surface area contributed by atoms with Gasteiger partial charge in [-0.2, -0.15) is 5.01 Å². The van der Waals surface area contributed by atoms with Crippen molar-refractivity contribution in [1.82, 2.24) is 10.4 Å². The Kier molecular flexibility index (Phi) is 4.48. The molecule has 8 nitrogen and oxygen atoms in total. The number of methoxy groups -OCH3 is 1. The molecule has 3 heterocycles. The molecular formula is C21H16BrN3O5. The van der Waals surface area contributed by atoms with Crippen molar-refractivity contribution in [2.24, 2.45) is 0 Å². The fourth-order valence-electron chi connectivity index (χ4n) is 3.74. The zero-order valence-electron chi connectivity index (χ0n) is 15.7. The summed E-state index contributed by atoms with van der Waals surface area (Å²) >= 11 is 3.54. The van der Waals surface area contributed by atoms with Gasteiger partial charge in [-0.15, -0.1) is 0 Å². The van der Waals surface area contributed by atoms with Crippen molar-refractivity contribution in [3.8, 4) is 11.5 Å². The highest BCUT2D eigenvalue weighted by molar-refractivity contribution is 9.10. The number of hydrogen-bond acceptors (Lipinski definition) is 7. The van der Waals surface area contributed by atoms with E-state index in [4.69, 9.17) is 13.9 Å². The topological polar surface area (TPSA) is 90.0 Å². The van der Waals surface area contributed by atoms with Gasteiger partial charge in [-0.3, -0.25) is 10.1 Å². The van der Waals surface area contributed by atoms with Crippen molar-refractivity contribution in [2.75, 3.05) is 7.11 Å². The maximum absolute atomic E-state index is 11.0. The Labute approximate surface area is 179 Å². The van der Waals surface area contributed by atoms with Gasteiger partial charge >= 0.3 is 0 Å². The van der Waals surface area contributed by atoms with Gasteiger partial charge in [0.25, 0.3) is 5.69 Å². The maximum Gasteiger partial charge on any atom is 0.269 e. The Morgan fingerprint density at radius 2 is 2.03 bits per heavy atom. The quantitative estimate of drug-likeness (QED) is 0.426. The van der Waals surface area contributed by atoms with E-state index in [2.05, 4.69) is 27.4 Å². The van der Waals surface area contributed by atoms with Crippen LogP contribution in [0.1, 0.15) is 29.2 Å². The fraction of sp³-hybridized carbons (Fsp3) is 0.143. The molecular weight excluding hydrogens is 454 g/mol. The first-order valence-corrected chi connectivity index (χ1v) is 9.93. The van der Waals surface area contributed by atoms with Gasteiger partial charge in [0.1, 0.15) is 0 Å². The van der Waals surface area contributed by atoms with Crippen molar-refractivity contribution in [3.63, 3.8) is 0 Å². The van der Waals surface area contributed by atoms with E-state index in [-0.39, 0.29) is 11.7 Å². The third-order valence-corrected chi connectivity index (χ3v) is 5.58. The van der Waals surface area contributed by atoms with Gasteiger partial charge in [0.15, 0.2) is 23.5 Å². The van der Waals surface area contributed by atoms with Crippen LogP contribution >= 0.6 is 15.9 Å². The number of furan rings is 1. The van der Waals surface area contributed by atoms with Gasteiger partial charge in [-0.25, -0.2) is 0 Å². The molecule has 3 aromatic rings. The number of nitrogens with one attached hydrogen (secondary N) is 1. The van der Waals surface area contributed by atoms with Gasteiger partial charge < -0.3 is 19.3 Å². The van der Waals surface area contributed by atoms with Crippen LogP contribution in [0.25, 0.3) is 5.70 Å². The number of hydrogen-bond donors (Lipinski definition) is 1. The molecule has 30 heavy (non-hydrogen) atoms. The number of benzene rings is 2. The molecule has 152 valence electrons. The van der Waals surface area contributed by atoms with E-state index >= 15 is 0 Å². The fourth-order valence-corrected chi connectivity index (χ4v) is 4.20. The number of non-ortho nitro benzene ring substituents is 1. The highest BCUT2D eigenvalue weighted by atomic mass is 79.9. The minimum absolute atomic E-state index is 0.0248. The van der Waals surface area contributed by atoms with Gasteiger partial charge in [-0.05, 0) is 42.5 Å². The standard InChI is InChI=1S/C21H16BrN3O5/c1-28-19-10-13(22)9-15-17-11-16(18-3-2-8-29-18)23-24(17)21(30-20(15)19)12-4-6-14(7-5-12)25(26)27/h2-11,17,21,23H,1H3. The average Bonchev–Trinajstić information content (AvgIpc) is 3.42. The summed E-state index contributed by atoms with van der Waals surface area (Å²) in [7, 11) is 1.59. The van der Waals surface area contributed by atoms with Crippen LogP contribution in [-0.4, -0.2) is 17.0 Å². The molecule has 0 bridgehead atoms. The van der Waals surface area contributed by atoms with Gasteiger partial charge in [0.05, 0.1) is 30.0 Å². The molecule has 0 radical (unpaired) electrons. The summed E-state index contributed by atoms with van der Waals surface area (Å²) < 4.78 is 18.3. The molecule has 2 atom stereocenters. The summed E-state index contributed by atoms with van der Waals surface area (Å²) in [5.74, 6) is 1.94. The lowest BCUT2D eigenvalue weighted by molar-refractivity contribution is -0.384. The zero-order chi connectivity index (χ0) is 20.8. The summed E-state index contributed by atoms with van der Waals surface area (Å²) in [5.41, 5.74) is 5.89. The van der Waals surface area contributed by atoms with Crippen LogP contribution < -0.4 is 14.9 Å². The first kappa shape index (κ1) is 18.7. The third kappa shape index (κ3) is 3.03. The van der Waals surface area contributed by atoms with Crippen LogP contribution in [0.3, 0.4) is 0 Å². The lowest BCUT2D eigenvalue weighted by Crippen LogP contribution is -2.43. The van der Waals surface area contributed by atoms with Crippen molar-refractivity contribution in [3.05, 3.63) is 92.3 Å². The number of nitro groups is 1. The largest absolute Gasteiger partial charge is 0.493 e. The number of nitrogens with zero attached hydrogens (tertiary/aromatic N) is 2. The molecule has 0 saturated heterocycles. The molecule has 0 saturated carbocycles. The van der Waals surface area contributed by atoms with Crippen LogP contribution in [0.2, 0.25) is 0 Å². The van der Waals surface area contributed by atoms with Crippen LogP contribution in [0, 0.1) is 10.1 Å². The molecule has 0 aliphatic carbocycles. The summed E-state index contributed by atoms with van der Waals surface area (Å²) in [6.45, 7) is 0. The van der Waals surface area contributed by atoms with Crippen LogP contribution in [0.4, 0.5) is 5.69 Å². The SMILES string of the molecule is COc1cc(Br)cc2c1OC(c1ccc([N+](=O)[O-])cc1)N1NC(c3ccco3)=CC21. The minimum atomic E-state index is -0.540. The number of rotatable bonds is 4. The van der Waals surface area contributed by atoms with Crippen LogP contribution in [0.5, 0.6) is 11.5 Å². The molecule has 5 rings (SSSR count). The molecule has 0 fully saturated rings. The highest BCUT2D eigenvalue weighted by Crippen LogP contribution is 2.50. The van der Waals surface area contributed by atoms with Crippen molar-refractivity contribution >= 4 is 27.3 Å². The van der Waals surface area contributed by atoms with Crippen molar-refractivity contribution < 1.29 is 18.8 Å². The predicted molar refractivity (Wildman–Crippen MR) is 112 cm³/mol. The molecule has 1 N–H and O–H groups in total. The monoisotopic (exact) mass is 469 g/mol. The number of ether oxygens (including phenoxy) is 2. The van der Waals surface area contributed by atoms with E-state index < -0.39 is 11.2 Å². The second kappa shape index (κ2) is 7.19. The first-order chi connectivity index (χ1) is 14.5. The van der Waals surface area contributed by atoms with Crippen LogP contribution in [-0.2, 0) is 0 Å². The van der Waals surface area contributed by atoms with E-state index in [1.165, 1.54) is 12.1 Å². The van der Waals surface area contributed by atoms with E-state index in [1.54, 1.807) is 25.5 Å². The molecule has 2 unspecified atom stereocenters. The summed E-state index contributed by atoms with van der Waals surface area (Å²) in [4.78, 5) is 10.6. The molecule has 1 aromatic heterocycles. The first-order valence-electron chi connectivity index (χ1n) is 9.14. The van der Waals surface area contributed by atoms with Gasteiger partial charge in [-0.1, -0.05) is 15.9 Å². The van der Waals surface area contributed by atoms with E-state index in [1.807, 2.05) is 29.3 Å². The number of halogens is 1. The second-order valence-electron chi connectivity index (χ2n) is 6.87. The normalized spacial score (nSPS) is 19.9. The second-order valence-corrected chi connectivity index (χ2v) is 7.78. The number of hydrazine groups is 1. The molecule has 0 spiro atoms. The number of nitro benzene ring substituents is 1. The molecule has 2 aliphatic rings. The summed E-state index contributed by atoms with van der Waals surface area (Å²) in [5, 5.41) is 13.0. The Hall–Kier alpha value is -3.30. The van der Waals surface area contributed by atoms with E-state index in [0.717, 1.165) is 21.3 Å². The smallest absolute Gasteiger partial charge is 0.269 e. The lowest BCUT2D eigenvalue weighted by atomic mass is 10.0. The highest BCUT2D eigenvalue weighted by Gasteiger charge is 2.42. The van der Waals surface area contributed by atoms with E-state index in [0.29, 0.717) is 17.3 Å². The van der Waals surface area contributed by atoms with Crippen molar-refractivity contribution in [2.45, 2.75) is 12.3 Å². The third-order valence-electron chi connectivity index (χ3n) is 5.12. The lowest BCUT2D eigenvalue weighted by Gasteiger charge is -2.39. The van der Waals surface area contributed by atoms with Crippen LogP contribution in [0.15, 0.2) is 69.8 Å². The summed E-state index contributed by atoms with van der Waals surface area (Å²) in [6.07, 6.45) is 3.14. The molecule has 0 amide bonds. The van der Waals surface area contributed by atoms with Gasteiger partial charge in [0.2, 0.25) is 0 Å². The average molecular weight is 470 g/mol. The summed E-state index contributed by atoms with van der Waals surface area (Å²) in [6, 6.07) is 13.7. The number of fused-ring (bicyclic) bond motifs is 3. The molecule has 2 aliphatic heterocycles. The zero-order valence-corrected chi connectivity index (χ0v) is 17.3. The molecule has 9 heteroatoms. The minimum Gasteiger partial charge on any atom is -0.493 e. The van der Waals surface area contributed by atoms with Gasteiger partial charge in [0, 0.05) is 27.7 Å². The Morgan fingerprint density at radius 1 is 1.23 bits per heavy atom. The Bertz CT molecular complexity index is 1140. The maximum atomic E-state index is 11.0. The van der Waals surface area contributed by atoms with E-state index in [9.17, 15) is 10.1 Å². The molecule has 2 aromatic carbocycles. The Balaban J connectivity index is 1.62. The van der Waals surface area contributed by atoms with Crippen molar-refractivity contribution in [1.29, 1.82) is 0 Å². The Morgan fingerprint density at radius 3 is 2.70 bits per heavy atom.